The molecule has 0 amide bonds. The van der Waals surface area contributed by atoms with Crippen LogP contribution in [0.15, 0.2) is 36.5 Å². The SMILES string of the molecule is C#C/C=C\CC(Cl)C(C/C=C\C=C\CC)OC(C)=O. The van der Waals surface area contributed by atoms with Crippen LogP contribution in [0.25, 0.3) is 0 Å². The van der Waals surface area contributed by atoms with Gasteiger partial charge in [-0.2, -0.15) is 0 Å². The summed E-state index contributed by atoms with van der Waals surface area (Å²) in [5.41, 5.74) is 0. The molecule has 2 unspecified atom stereocenters. The van der Waals surface area contributed by atoms with E-state index in [1.54, 1.807) is 12.2 Å². The molecular weight excluding hydrogens is 260 g/mol. The van der Waals surface area contributed by atoms with Gasteiger partial charge in [0.1, 0.15) is 6.10 Å². The molecule has 2 atom stereocenters. The number of halogens is 1. The fourth-order valence-electron chi connectivity index (χ4n) is 1.41. The molecule has 104 valence electrons. The Bertz CT molecular complexity index is 375. The van der Waals surface area contributed by atoms with Crippen LogP contribution in [0.5, 0.6) is 0 Å². The van der Waals surface area contributed by atoms with E-state index in [0.29, 0.717) is 12.8 Å². The van der Waals surface area contributed by atoms with Crippen molar-refractivity contribution in [2.75, 3.05) is 0 Å². The van der Waals surface area contributed by atoms with Gasteiger partial charge in [-0.1, -0.05) is 43.2 Å². The summed E-state index contributed by atoms with van der Waals surface area (Å²) in [7, 11) is 0. The maximum atomic E-state index is 11.1. The predicted octanol–water partition coefficient (Wildman–Crippen LogP) is 4.02. The smallest absolute Gasteiger partial charge is 0.302 e. The Balaban J connectivity index is 4.40. The van der Waals surface area contributed by atoms with Gasteiger partial charge in [0.25, 0.3) is 0 Å². The Morgan fingerprint density at radius 1 is 1.32 bits per heavy atom. The summed E-state index contributed by atoms with van der Waals surface area (Å²) in [6.07, 6.45) is 18.2. The number of terminal acetylenes is 1. The number of allylic oxidation sites excluding steroid dienone is 5. The zero-order valence-corrected chi connectivity index (χ0v) is 12.3. The Morgan fingerprint density at radius 2 is 2.00 bits per heavy atom. The van der Waals surface area contributed by atoms with Crippen molar-refractivity contribution in [2.24, 2.45) is 0 Å². The number of ether oxygens (including phenoxy) is 1. The van der Waals surface area contributed by atoms with E-state index in [-0.39, 0.29) is 17.5 Å². The summed E-state index contributed by atoms with van der Waals surface area (Å²) in [6, 6.07) is 0. The quantitative estimate of drug-likeness (QED) is 0.291. The number of esters is 1. The topological polar surface area (TPSA) is 26.3 Å². The Morgan fingerprint density at radius 3 is 2.58 bits per heavy atom. The van der Waals surface area contributed by atoms with Crippen molar-refractivity contribution >= 4 is 17.6 Å². The van der Waals surface area contributed by atoms with Crippen molar-refractivity contribution in [2.45, 2.75) is 44.6 Å². The Hall–Kier alpha value is -1.46. The number of carbonyl (C=O) groups is 1. The van der Waals surface area contributed by atoms with Gasteiger partial charge in [-0.15, -0.1) is 18.0 Å². The number of alkyl halides is 1. The molecular formula is C16H21ClO2. The molecule has 0 fully saturated rings. The molecule has 0 aromatic carbocycles. The van der Waals surface area contributed by atoms with E-state index >= 15 is 0 Å². The van der Waals surface area contributed by atoms with Gasteiger partial charge in [-0.05, 0) is 18.9 Å². The summed E-state index contributed by atoms with van der Waals surface area (Å²) in [5, 5.41) is -0.284. The highest BCUT2D eigenvalue weighted by Gasteiger charge is 2.19. The van der Waals surface area contributed by atoms with Crippen LogP contribution in [0.1, 0.15) is 33.1 Å². The summed E-state index contributed by atoms with van der Waals surface area (Å²) in [4.78, 5) is 11.1. The first-order valence-electron chi connectivity index (χ1n) is 6.35. The molecule has 0 saturated carbocycles. The average Bonchev–Trinajstić information content (AvgIpc) is 2.37. The number of hydrogen-bond donors (Lipinski definition) is 0. The maximum Gasteiger partial charge on any atom is 0.302 e. The van der Waals surface area contributed by atoms with Crippen LogP contribution < -0.4 is 0 Å². The van der Waals surface area contributed by atoms with Gasteiger partial charge in [0.05, 0.1) is 5.38 Å². The van der Waals surface area contributed by atoms with Crippen molar-refractivity contribution in [3.8, 4) is 12.3 Å². The largest absolute Gasteiger partial charge is 0.461 e. The second-order valence-electron chi connectivity index (χ2n) is 3.97. The molecule has 0 aromatic heterocycles. The van der Waals surface area contributed by atoms with E-state index in [1.165, 1.54) is 6.92 Å². The number of hydrogen-bond acceptors (Lipinski definition) is 2. The standard InChI is InChI=1S/C16H21ClO2/c1-4-6-8-9-11-13-16(19-14(3)18)15(17)12-10-7-5-2/h2,6-11,15-16H,4,12-13H2,1,3H3/b8-6+,10-7-,11-9-. The average molecular weight is 281 g/mol. The second-order valence-corrected chi connectivity index (χ2v) is 4.53. The van der Waals surface area contributed by atoms with Crippen molar-refractivity contribution in [3.05, 3.63) is 36.5 Å². The van der Waals surface area contributed by atoms with Crippen LogP contribution in [0.4, 0.5) is 0 Å². The third-order valence-corrected chi connectivity index (χ3v) is 2.74. The van der Waals surface area contributed by atoms with E-state index in [9.17, 15) is 4.79 Å². The molecule has 0 rings (SSSR count). The van der Waals surface area contributed by atoms with Gasteiger partial charge in [0.2, 0.25) is 0 Å². The van der Waals surface area contributed by atoms with Gasteiger partial charge >= 0.3 is 5.97 Å². The van der Waals surface area contributed by atoms with Gasteiger partial charge in [-0.25, -0.2) is 0 Å². The zero-order valence-electron chi connectivity index (χ0n) is 11.5. The van der Waals surface area contributed by atoms with E-state index in [0.717, 1.165) is 6.42 Å². The van der Waals surface area contributed by atoms with Crippen molar-refractivity contribution in [1.82, 2.24) is 0 Å². The van der Waals surface area contributed by atoms with Crippen molar-refractivity contribution < 1.29 is 9.53 Å². The highest BCUT2D eigenvalue weighted by atomic mass is 35.5. The third kappa shape index (κ3) is 10.2. The lowest BCUT2D eigenvalue weighted by molar-refractivity contribution is -0.146. The van der Waals surface area contributed by atoms with Crippen LogP contribution in [-0.4, -0.2) is 17.5 Å². The minimum atomic E-state index is -0.340. The molecule has 0 saturated heterocycles. The lowest BCUT2D eigenvalue weighted by atomic mass is 10.1. The zero-order chi connectivity index (χ0) is 14.5. The molecule has 19 heavy (non-hydrogen) atoms. The second kappa shape index (κ2) is 11.6. The lowest BCUT2D eigenvalue weighted by Gasteiger charge is -2.19. The van der Waals surface area contributed by atoms with Gasteiger partial charge in [0.15, 0.2) is 0 Å². The monoisotopic (exact) mass is 280 g/mol. The van der Waals surface area contributed by atoms with E-state index in [4.69, 9.17) is 22.8 Å². The number of rotatable bonds is 8. The van der Waals surface area contributed by atoms with Gasteiger partial charge in [-0.3, -0.25) is 4.79 Å². The van der Waals surface area contributed by atoms with E-state index < -0.39 is 0 Å². The molecule has 2 nitrogen and oxygen atoms in total. The van der Waals surface area contributed by atoms with Crippen LogP contribution in [0.3, 0.4) is 0 Å². The summed E-state index contributed by atoms with van der Waals surface area (Å²) in [5.74, 6) is 2.07. The van der Waals surface area contributed by atoms with Gasteiger partial charge < -0.3 is 4.74 Å². The maximum absolute atomic E-state index is 11.1. The third-order valence-electron chi connectivity index (χ3n) is 2.28. The number of carbonyl (C=O) groups excluding carboxylic acids is 1. The normalized spacial score (nSPS) is 14.8. The molecule has 0 radical (unpaired) electrons. The molecule has 0 heterocycles. The van der Waals surface area contributed by atoms with Crippen LogP contribution in [0, 0.1) is 12.3 Å². The highest BCUT2D eigenvalue weighted by Crippen LogP contribution is 2.16. The summed E-state index contributed by atoms with van der Waals surface area (Å²) in [6.45, 7) is 3.45. The molecule has 0 bridgehead atoms. The van der Waals surface area contributed by atoms with Crippen LogP contribution in [0.2, 0.25) is 0 Å². The predicted molar refractivity (Wildman–Crippen MR) is 81.0 cm³/mol. The molecule has 0 aliphatic carbocycles. The highest BCUT2D eigenvalue weighted by molar-refractivity contribution is 6.21. The Kier molecular flexibility index (Phi) is 10.7. The Labute approximate surface area is 121 Å². The molecule has 0 spiro atoms. The van der Waals surface area contributed by atoms with E-state index in [2.05, 4.69) is 12.8 Å². The first kappa shape index (κ1) is 17.5. The summed E-state index contributed by atoms with van der Waals surface area (Å²) >= 11 is 6.22. The van der Waals surface area contributed by atoms with Crippen molar-refractivity contribution in [3.63, 3.8) is 0 Å². The molecule has 0 N–H and O–H groups in total. The summed E-state index contributed by atoms with van der Waals surface area (Å²) < 4.78 is 5.22. The fourth-order valence-corrected chi connectivity index (χ4v) is 1.66. The molecule has 3 heteroatoms. The van der Waals surface area contributed by atoms with Crippen LogP contribution >= 0.6 is 11.6 Å². The van der Waals surface area contributed by atoms with Crippen molar-refractivity contribution in [1.29, 1.82) is 0 Å². The van der Waals surface area contributed by atoms with Gasteiger partial charge in [0, 0.05) is 13.3 Å². The molecule has 0 aliphatic heterocycles. The lowest BCUT2D eigenvalue weighted by Crippen LogP contribution is -2.26. The molecule has 0 aliphatic rings. The van der Waals surface area contributed by atoms with E-state index in [1.807, 2.05) is 24.3 Å². The van der Waals surface area contributed by atoms with Crippen LogP contribution in [-0.2, 0) is 9.53 Å². The first-order valence-corrected chi connectivity index (χ1v) is 6.79. The minimum absolute atomic E-state index is 0.284. The minimum Gasteiger partial charge on any atom is -0.461 e. The fraction of sp³-hybridized carbons (Fsp3) is 0.438. The first-order chi connectivity index (χ1) is 9.11. The molecule has 0 aromatic rings.